The number of benzene rings is 2. The maximum absolute atomic E-state index is 9.85. The summed E-state index contributed by atoms with van der Waals surface area (Å²) in [7, 11) is -3.52. The van der Waals surface area contributed by atoms with Gasteiger partial charge in [-0.2, -0.15) is 0 Å². The normalized spacial score (nSPS) is 14.2. The van der Waals surface area contributed by atoms with Gasteiger partial charge in [0.05, 0.1) is 0 Å². The van der Waals surface area contributed by atoms with E-state index in [1.807, 2.05) is 36.4 Å². The Kier molecular flexibility index (Phi) is 4.61. The molecule has 0 aliphatic heterocycles. The molecule has 5 heteroatoms. The van der Waals surface area contributed by atoms with Gasteiger partial charge in [-0.05, 0) is 24.3 Å². The van der Waals surface area contributed by atoms with Crippen LogP contribution in [0.1, 0.15) is 0 Å². The summed E-state index contributed by atoms with van der Waals surface area (Å²) in [4.78, 5) is 19.7. The maximum atomic E-state index is 9.85. The van der Waals surface area contributed by atoms with Crippen molar-refractivity contribution >= 4 is 27.4 Å². The molecule has 2 rings (SSSR count). The first-order valence-corrected chi connectivity index (χ1v) is 7.46. The summed E-state index contributed by atoms with van der Waals surface area (Å²) >= 11 is 0. The smallest absolute Gasteiger partial charge is 0.208 e. The highest BCUT2D eigenvalue weighted by molar-refractivity contribution is 7.67. The van der Waals surface area contributed by atoms with E-state index in [1.54, 1.807) is 24.3 Å². The molecular weight excluding hydrogens is 254 g/mol. The van der Waals surface area contributed by atoms with E-state index in [1.165, 1.54) is 0 Å². The van der Waals surface area contributed by atoms with Crippen molar-refractivity contribution in [2.75, 3.05) is 0 Å². The van der Waals surface area contributed by atoms with Crippen LogP contribution in [0.3, 0.4) is 0 Å². The minimum Gasteiger partial charge on any atom is -0.346 e. The van der Waals surface area contributed by atoms with E-state index in [2.05, 4.69) is 0 Å². The van der Waals surface area contributed by atoms with Crippen LogP contribution in [-0.4, -0.2) is 9.79 Å². The van der Waals surface area contributed by atoms with Gasteiger partial charge in [0.1, 0.15) is 0 Å². The zero-order valence-electron chi connectivity index (χ0n) is 8.97. The molecule has 2 N–H and O–H groups in total. The average molecular weight is 266 g/mol. The van der Waals surface area contributed by atoms with Crippen LogP contribution in [0, 0.1) is 0 Å². The van der Waals surface area contributed by atoms with Gasteiger partial charge in [-0.15, -0.1) is 0 Å². The molecule has 0 aliphatic rings. The Morgan fingerprint density at radius 2 is 1.00 bits per heavy atom. The molecule has 0 radical (unpaired) electrons. The van der Waals surface area contributed by atoms with Gasteiger partial charge < -0.3 is 9.79 Å². The highest BCUT2D eigenvalue weighted by atomic mass is 31.2. The van der Waals surface area contributed by atoms with E-state index in [0.29, 0.717) is 10.6 Å². The van der Waals surface area contributed by atoms with Gasteiger partial charge in [0.25, 0.3) is 0 Å². The van der Waals surface area contributed by atoms with Crippen LogP contribution < -0.4 is 10.6 Å². The van der Waals surface area contributed by atoms with Crippen molar-refractivity contribution in [1.29, 1.82) is 0 Å². The van der Waals surface area contributed by atoms with Gasteiger partial charge in [0.15, 0.2) is 0 Å². The molecule has 0 saturated carbocycles. The molecule has 0 spiro atoms. The van der Waals surface area contributed by atoms with Crippen LogP contribution in [0.2, 0.25) is 0 Å². The maximum Gasteiger partial charge on any atom is 0.208 e. The lowest BCUT2D eigenvalue weighted by Crippen LogP contribution is -2.04. The second-order valence-corrected chi connectivity index (χ2v) is 6.08. The topological polar surface area (TPSA) is 49.7 Å². The third-order valence-electron chi connectivity index (χ3n) is 2.11. The van der Waals surface area contributed by atoms with E-state index in [4.69, 9.17) is 4.31 Å². The molecule has 2 atom stereocenters. The predicted octanol–water partition coefficient (Wildman–Crippen LogP) is 2.26. The monoisotopic (exact) mass is 266 g/mol. The summed E-state index contributed by atoms with van der Waals surface area (Å²) in [6.45, 7) is 0. The second-order valence-electron chi connectivity index (χ2n) is 3.30. The molecule has 0 saturated heterocycles. The quantitative estimate of drug-likeness (QED) is 0.834. The fraction of sp³-hybridized carbons (Fsp3) is 0. The van der Waals surface area contributed by atoms with E-state index in [-0.39, 0.29) is 0 Å². The standard InChI is InChI=1S/C12H12O3P2/c13-16(11-7-3-1-4-8-11)15-17(14)12-9-5-2-6-10-12/h1-10,13-14H. The molecule has 0 aliphatic carbocycles. The minimum atomic E-state index is -1.76. The van der Waals surface area contributed by atoms with E-state index >= 15 is 0 Å². The molecule has 17 heavy (non-hydrogen) atoms. The Labute approximate surface area is 103 Å². The highest BCUT2D eigenvalue weighted by Gasteiger charge is 2.16. The summed E-state index contributed by atoms with van der Waals surface area (Å²) in [6.07, 6.45) is 0. The average Bonchev–Trinajstić information content (AvgIpc) is 2.40. The third-order valence-corrected chi connectivity index (χ3v) is 4.83. The number of rotatable bonds is 4. The van der Waals surface area contributed by atoms with Crippen LogP contribution in [0.5, 0.6) is 0 Å². The number of hydrogen-bond donors (Lipinski definition) is 2. The first-order valence-electron chi connectivity index (χ1n) is 5.03. The Hall–Kier alpha value is -0.820. The van der Waals surface area contributed by atoms with Crippen LogP contribution >= 0.6 is 16.8 Å². The molecule has 2 aromatic rings. The first-order chi connectivity index (χ1) is 8.27. The van der Waals surface area contributed by atoms with E-state index in [9.17, 15) is 9.79 Å². The Bertz CT molecular complexity index is 406. The molecule has 3 nitrogen and oxygen atoms in total. The molecule has 88 valence electrons. The van der Waals surface area contributed by atoms with E-state index in [0.717, 1.165) is 0 Å². The van der Waals surface area contributed by atoms with Gasteiger partial charge in [-0.3, -0.25) is 4.31 Å². The van der Waals surface area contributed by atoms with Crippen LogP contribution in [0.4, 0.5) is 0 Å². The van der Waals surface area contributed by atoms with Crippen molar-refractivity contribution in [3.8, 4) is 0 Å². The SMILES string of the molecule is OP(OP(O)c1ccccc1)c1ccccc1. The van der Waals surface area contributed by atoms with Gasteiger partial charge in [-0.25, -0.2) is 0 Å². The van der Waals surface area contributed by atoms with Crippen molar-refractivity contribution in [3.05, 3.63) is 60.7 Å². The molecule has 0 heterocycles. The molecule has 0 aromatic heterocycles. The summed E-state index contributed by atoms with van der Waals surface area (Å²) in [5.41, 5.74) is 0. The molecule has 2 unspecified atom stereocenters. The van der Waals surface area contributed by atoms with Gasteiger partial charge in [0.2, 0.25) is 16.8 Å². The van der Waals surface area contributed by atoms with Crippen molar-refractivity contribution in [3.63, 3.8) is 0 Å². The molecule has 0 bridgehead atoms. The van der Waals surface area contributed by atoms with Crippen molar-refractivity contribution in [2.24, 2.45) is 0 Å². The number of hydrogen-bond acceptors (Lipinski definition) is 3. The molecular formula is C12H12O3P2. The molecule has 2 aromatic carbocycles. The zero-order valence-corrected chi connectivity index (χ0v) is 10.8. The Morgan fingerprint density at radius 3 is 1.35 bits per heavy atom. The first kappa shape index (κ1) is 12.6. The third kappa shape index (κ3) is 3.57. The molecule has 0 amide bonds. The van der Waals surface area contributed by atoms with Crippen molar-refractivity contribution in [1.82, 2.24) is 0 Å². The summed E-state index contributed by atoms with van der Waals surface area (Å²) < 4.78 is 5.26. The minimum absolute atomic E-state index is 0.694. The molecule has 0 fully saturated rings. The summed E-state index contributed by atoms with van der Waals surface area (Å²) in [6, 6.07) is 18.1. The summed E-state index contributed by atoms with van der Waals surface area (Å²) in [5.74, 6) is 0. The fourth-order valence-corrected chi connectivity index (χ4v) is 3.47. The van der Waals surface area contributed by atoms with Gasteiger partial charge >= 0.3 is 0 Å². The predicted molar refractivity (Wildman–Crippen MR) is 71.5 cm³/mol. The van der Waals surface area contributed by atoms with Crippen molar-refractivity contribution < 1.29 is 14.1 Å². The lowest BCUT2D eigenvalue weighted by molar-refractivity contribution is 0.475. The van der Waals surface area contributed by atoms with Crippen molar-refractivity contribution in [2.45, 2.75) is 0 Å². The zero-order chi connectivity index (χ0) is 12.1. The van der Waals surface area contributed by atoms with Crippen LogP contribution in [-0.2, 0) is 4.31 Å². The Balaban J connectivity index is 2.02. The largest absolute Gasteiger partial charge is 0.346 e. The summed E-state index contributed by atoms with van der Waals surface area (Å²) in [5, 5.41) is 1.39. The highest BCUT2D eigenvalue weighted by Crippen LogP contribution is 2.46. The van der Waals surface area contributed by atoms with Gasteiger partial charge in [0, 0.05) is 10.6 Å². The van der Waals surface area contributed by atoms with Gasteiger partial charge in [-0.1, -0.05) is 36.4 Å². The Morgan fingerprint density at radius 1 is 0.647 bits per heavy atom. The fourth-order valence-electron chi connectivity index (χ4n) is 1.28. The lowest BCUT2D eigenvalue weighted by atomic mass is 10.4. The van der Waals surface area contributed by atoms with Crippen LogP contribution in [0.25, 0.3) is 0 Å². The van der Waals surface area contributed by atoms with Crippen LogP contribution in [0.15, 0.2) is 60.7 Å². The van der Waals surface area contributed by atoms with E-state index < -0.39 is 16.8 Å². The second kappa shape index (κ2) is 6.20. The lowest BCUT2D eigenvalue weighted by Gasteiger charge is -2.15.